The molecule has 0 aliphatic heterocycles. The normalized spacial score (nSPS) is 10.4. The summed E-state index contributed by atoms with van der Waals surface area (Å²) in [5.41, 5.74) is 1.28. The fourth-order valence-corrected chi connectivity index (χ4v) is 2.09. The average molecular weight is 315 g/mol. The summed E-state index contributed by atoms with van der Waals surface area (Å²) < 4.78 is 24.6. The number of halogens is 3. The molecule has 0 atom stereocenters. The van der Waals surface area contributed by atoms with Crippen LogP contribution < -0.4 is 9.47 Å². The molecule has 0 aromatic heterocycles. The van der Waals surface area contributed by atoms with E-state index in [4.69, 9.17) is 32.7 Å². The fourth-order valence-electron chi connectivity index (χ4n) is 1.73. The Morgan fingerprint density at radius 1 is 1.15 bits per heavy atom. The van der Waals surface area contributed by atoms with E-state index < -0.39 is 5.82 Å². The Balaban J connectivity index is 2.19. The van der Waals surface area contributed by atoms with E-state index in [0.29, 0.717) is 22.9 Å². The van der Waals surface area contributed by atoms with E-state index >= 15 is 0 Å². The smallest absolute Gasteiger partial charge is 0.161 e. The van der Waals surface area contributed by atoms with Gasteiger partial charge in [-0.05, 0) is 23.8 Å². The molecule has 0 spiro atoms. The molecule has 2 rings (SSSR count). The van der Waals surface area contributed by atoms with E-state index in [-0.39, 0.29) is 11.6 Å². The highest BCUT2D eigenvalue weighted by Gasteiger charge is 2.10. The van der Waals surface area contributed by atoms with Crippen molar-refractivity contribution >= 4 is 23.2 Å². The molecule has 0 N–H and O–H groups in total. The third-order valence-corrected chi connectivity index (χ3v) is 3.40. The lowest BCUT2D eigenvalue weighted by molar-refractivity contribution is 0.279. The monoisotopic (exact) mass is 314 g/mol. The van der Waals surface area contributed by atoms with E-state index in [9.17, 15) is 4.39 Å². The molecule has 2 aromatic rings. The maximum atomic E-state index is 13.8. The molecule has 2 aromatic carbocycles. The number of benzene rings is 2. The van der Waals surface area contributed by atoms with Crippen LogP contribution >= 0.6 is 23.2 Å². The van der Waals surface area contributed by atoms with Crippen LogP contribution in [0.4, 0.5) is 4.39 Å². The summed E-state index contributed by atoms with van der Waals surface area (Å²) in [5.74, 6) is 0.985. The van der Waals surface area contributed by atoms with Gasteiger partial charge in [-0.15, -0.1) is 11.6 Å². The van der Waals surface area contributed by atoms with E-state index in [1.165, 1.54) is 6.07 Å². The Kier molecular flexibility index (Phi) is 5.10. The minimum atomic E-state index is -0.471. The van der Waals surface area contributed by atoms with Gasteiger partial charge in [0.05, 0.1) is 12.1 Å². The summed E-state index contributed by atoms with van der Waals surface area (Å²) >= 11 is 11.5. The second kappa shape index (κ2) is 6.82. The minimum absolute atomic E-state index is 0.0640. The summed E-state index contributed by atoms with van der Waals surface area (Å²) in [5, 5.41) is 0.0765. The molecule has 0 heterocycles. The van der Waals surface area contributed by atoms with Crippen LogP contribution in [0.5, 0.6) is 11.5 Å². The largest absolute Gasteiger partial charge is 0.493 e. The molecule has 0 aliphatic rings. The van der Waals surface area contributed by atoms with Crippen molar-refractivity contribution < 1.29 is 13.9 Å². The van der Waals surface area contributed by atoms with Gasteiger partial charge in [-0.25, -0.2) is 4.39 Å². The first-order valence-corrected chi connectivity index (χ1v) is 6.85. The van der Waals surface area contributed by atoms with Crippen LogP contribution in [-0.2, 0) is 12.5 Å². The van der Waals surface area contributed by atoms with Gasteiger partial charge in [0.15, 0.2) is 11.5 Å². The summed E-state index contributed by atoms with van der Waals surface area (Å²) in [6.07, 6.45) is 0. The minimum Gasteiger partial charge on any atom is -0.493 e. The van der Waals surface area contributed by atoms with Crippen LogP contribution in [0.2, 0.25) is 5.02 Å². The lowest BCUT2D eigenvalue weighted by Crippen LogP contribution is -2.01. The Hall–Kier alpha value is -1.45. The predicted octanol–water partition coefficient (Wildman–Crippen LogP) is 4.81. The first kappa shape index (κ1) is 14.9. The van der Waals surface area contributed by atoms with Gasteiger partial charge in [0.1, 0.15) is 12.4 Å². The second-order valence-electron chi connectivity index (χ2n) is 4.12. The molecule has 5 heteroatoms. The van der Waals surface area contributed by atoms with Crippen molar-refractivity contribution in [3.63, 3.8) is 0 Å². The summed E-state index contributed by atoms with van der Waals surface area (Å²) in [4.78, 5) is 0. The van der Waals surface area contributed by atoms with E-state index in [1.807, 2.05) is 6.07 Å². The molecule has 0 radical (unpaired) electrons. The molecular formula is C15H13Cl2FO2. The van der Waals surface area contributed by atoms with Crippen LogP contribution in [-0.4, -0.2) is 7.11 Å². The van der Waals surface area contributed by atoms with Crippen LogP contribution in [0, 0.1) is 5.82 Å². The van der Waals surface area contributed by atoms with Crippen LogP contribution in [0.1, 0.15) is 11.1 Å². The molecular weight excluding hydrogens is 302 g/mol. The Morgan fingerprint density at radius 3 is 2.65 bits per heavy atom. The molecule has 0 unspecified atom stereocenters. The highest BCUT2D eigenvalue weighted by molar-refractivity contribution is 6.30. The van der Waals surface area contributed by atoms with Crippen molar-refractivity contribution in [2.75, 3.05) is 7.11 Å². The summed E-state index contributed by atoms with van der Waals surface area (Å²) in [6, 6.07) is 10.2. The van der Waals surface area contributed by atoms with Crippen molar-refractivity contribution in [3.8, 4) is 11.5 Å². The Morgan fingerprint density at radius 2 is 1.95 bits per heavy atom. The molecule has 0 amide bonds. The van der Waals surface area contributed by atoms with Crippen molar-refractivity contribution in [3.05, 3.63) is 58.4 Å². The maximum Gasteiger partial charge on any atom is 0.161 e. The van der Waals surface area contributed by atoms with Crippen LogP contribution in [0.15, 0.2) is 36.4 Å². The van der Waals surface area contributed by atoms with Gasteiger partial charge in [0, 0.05) is 11.4 Å². The van der Waals surface area contributed by atoms with Crippen molar-refractivity contribution in [2.45, 2.75) is 12.5 Å². The van der Waals surface area contributed by atoms with E-state index in [2.05, 4.69) is 0 Å². The number of hydrogen-bond acceptors (Lipinski definition) is 2. The molecule has 0 aliphatic carbocycles. The van der Waals surface area contributed by atoms with Gasteiger partial charge in [0.2, 0.25) is 0 Å². The molecule has 2 nitrogen and oxygen atoms in total. The van der Waals surface area contributed by atoms with Gasteiger partial charge in [-0.1, -0.05) is 29.8 Å². The van der Waals surface area contributed by atoms with Gasteiger partial charge in [0.25, 0.3) is 0 Å². The number of methoxy groups -OCH3 is 1. The van der Waals surface area contributed by atoms with Gasteiger partial charge >= 0.3 is 0 Å². The van der Waals surface area contributed by atoms with Crippen molar-refractivity contribution in [1.29, 1.82) is 0 Å². The topological polar surface area (TPSA) is 18.5 Å². The van der Waals surface area contributed by atoms with Gasteiger partial charge in [-0.2, -0.15) is 0 Å². The predicted molar refractivity (Wildman–Crippen MR) is 78.3 cm³/mol. The molecule has 0 saturated carbocycles. The zero-order chi connectivity index (χ0) is 14.5. The molecule has 0 bridgehead atoms. The number of alkyl halides is 1. The van der Waals surface area contributed by atoms with Gasteiger partial charge < -0.3 is 9.47 Å². The third kappa shape index (κ3) is 3.35. The lowest BCUT2D eigenvalue weighted by atomic mass is 10.2. The molecule has 20 heavy (non-hydrogen) atoms. The van der Waals surface area contributed by atoms with Crippen LogP contribution in [0.3, 0.4) is 0 Å². The second-order valence-corrected chi connectivity index (χ2v) is 4.79. The first-order valence-electron chi connectivity index (χ1n) is 5.94. The van der Waals surface area contributed by atoms with Crippen molar-refractivity contribution in [1.82, 2.24) is 0 Å². The summed E-state index contributed by atoms with van der Waals surface area (Å²) in [6.45, 7) is 0.0640. The van der Waals surface area contributed by atoms with Crippen molar-refractivity contribution in [2.24, 2.45) is 0 Å². The average Bonchev–Trinajstić information content (AvgIpc) is 2.48. The highest BCUT2D eigenvalue weighted by Crippen LogP contribution is 2.30. The number of rotatable bonds is 5. The number of hydrogen-bond donors (Lipinski definition) is 0. The quantitative estimate of drug-likeness (QED) is 0.738. The molecule has 0 saturated heterocycles. The van der Waals surface area contributed by atoms with E-state index in [0.717, 1.165) is 5.56 Å². The van der Waals surface area contributed by atoms with Crippen LogP contribution in [0.25, 0.3) is 0 Å². The highest BCUT2D eigenvalue weighted by atomic mass is 35.5. The molecule has 0 fully saturated rings. The fraction of sp³-hybridized carbons (Fsp3) is 0.200. The van der Waals surface area contributed by atoms with Gasteiger partial charge in [-0.3, -0.25) is 0 Å². The summed E-state index contributed by atoms with van der Waals surface area (Å²) in [7, 11) is 1.54. The standard InChI is InChI=1S/C15H13Cl2FO2/c1-19-13-6-5-10(8-16)7-14(13)20-9-11-3-2-4-12(17)15(11)18/h2-7H,8-9H2,1H3. The first-order chi connectivity index (χ1) is 9.65. The molecule has 106 valence electrons. The number of ether oxygens (including phenoxy) is 2. The zero-order valence-corrected chi connectivity index (χ0v) is 12.3. The maximum absolute atomic E-state index is 13.8. The zero-order valence-electron chi connectivity index (χ0n) is 10.8. The third-order valence-electron chi connectivity index (χ3n) is 2.80. The Labute approximate surface area is 127 Å². The van der Waals surface area contributed by atoms with E-state index in [1.54, 1.807) is 31.4 Å². The SMILES string of the molecule is COc1ccc(CCl)cc1OCc1cccc(Cl)c1F. The Bertz CT molecular complexity index is 602. The lowest BCUT2D eigenvalue weighted by Gasteiger charge is -2.12.